The van der Waals surface area contributed by atoms with Crippen LogP contribution in [0.5, 0.6) is 0 Å². The summed E-state index contributed by atoms with van der Waals surface area (Å²) in [5.74, 6) is 2.17. The SMILES string of the molecule is CCSCC[O][Sn]([Br])([Br])[c]1ccccc1C(C)N. The molecule has 0 aliphatic rings. The minimum atomic E-state index is -3.00. The zero-order valence-corrected chi connectivity index (χ0v) is 17.5. The first-order chi connectivity index (χ1) is 8.49. The van der Waals surface area contributed by atoms with Gasteiger partial charge in [0, 0.05) is 0 Å². The van der Waals surface area contributed by atoms with E-state index in [1.807, 2.05) is 30.8 Å². The Labute approximate surface area is 130 Å². The topological polar surface area (TPSA) is 35.2 Å². The van der Waals surface area contributed by atoms with E-state index in [4.69, 9.17) is 8.81 Å². The number of rotatable bonds is 7. The van der Waals surface area contributed by atoms with Crippen LogP contribution in [0.25, 0.3) is 0 Å². The van der Waals surface area contributed by atoms with Crippen LogP contribution in [-0.4, -0.2) is 32.5 Å². The Morgan fingerprint density at radius 3 is 2.67 bits per heavy atom. The van der Waals surface area contributed by atoms with E-state index in [1.54, 1.807) is 0 Å². The summed E-state index contributed by atoms with van der Waals surface area (Å²) in [4.78, 5) is 0. The fourth-order valence-electron chi connectivity index (χ4n) is 1.61. The first-order valence-corrected chi connectivity index (χ1v) is 22.5. The van der Waals surface area contributed by atoms with E-state index in [2.05, 4.69) is 44.5 Å². The number of hydrogen-bond acceptors (Lipinski definition) is 3. The molecule has 1 atom stereocenters. The van der Waals surface area contributed by atoms with Gasteiger partial charge in [-0.15, -0.1) is 0 Å². The van der Waals surface area contributed by atoms with Gasteiger partial charge in [-0.2, -0.15) is 0 Å². The summed E-state index contributed by atoms with van der Waals surface area (Å²) in [6, 6.07) is 8.29. The Bertz CT molecular complexity index is 377. The fraction of sp³-hybridized carbons (Fsp3) is 0.500. The molecule has 0 saturated carbocycles. The van der Waals surface area contributed by atoms with Gasteiger partial charge in [-0.05, 0) is 0 Å². The molecule has 0 saturated heterocycles. The van der Waals surface area contributed by atoms with Gasteiger partial charge in [-0.25, -0.2) is 0 Å². The monoisotopic (exact) mass is 503 g/mol. The maximum absolute atomic E-state index is 6.08. The molecule has 1 aromatic rings. The van der Waals surface area contributed by atoms with E-state index in [9.17, 15) is 0 Å². The van der Waals surface area contributed by atoms with Crippen molar-refractivity contribution in [2.45, 2.75) is 19.9 Å². The zero-order chi connectivity index (χ0) is 13.6. The molecule has 0 heterocycles. The summed E-state index contributed by atoms with van der Waals surface area (Å²) in [5, 5.41) is 0. The van der Waals surface area contributed by atoms with E-state index in [-0.39, 0.29) is 6.04 Å². The third-order valence-electron chi connectivity index (χ3n) is 2.48. The molecule has 0 bridgehead atoms. The number of halogens is 2. The molecule has 0 aromatic heterocycles. The number of hydrogen-bond donors (Lipinski definition) is 1. The minimum absolute atomic E-state index is 0.0287. The van der Waals surface area contributed by atoms with Gasteiger partial charge in [-0.1, -0.05) is 0 Å². The molecule has 0 amide bonds. The van der Waals surface area contributed by atoms with Gasteiger partial charge in [0.05, 0.1) is 0 Å². The molecule has 2 nitrogen and oxygen atoms in total. The molecule has 0 spiro atoms. The van der Waals surface area contributed by atoms with E-state index < -0.39 is 14.3 Å². The summed E-state index contributed by atoms with van der Waals surface area (Å²) >= 11 is 6.50. The van der Waals surface area contributed by atoms with Crippen LogP contribution >= 0.6 is 37.2 Å². The Kier molecular flexibility index (Phi) is 8.19. The summed E-state index contributed by atoms with van der Waals surface area (Å²) in [6.07, 6.45) is 0. The second-order valence-electron chi connectivity index (χ2n) is 3.94. The van der Waals surface area contributed by atoms with Crippen LogP contribution in [-0.2, 0) is 3.07 Å². The second kappa shape index (κ2) is 8.52. The van der Waals surface area contributed by atoms with Gasteiger partial charge in [-0.3, -0.25) is 0 Å². The van der Waals surface area contributed by atoms with Crippen molar-refractivity contribution >= 4 is 55.1 Å². The van der Waals surface area contributed by atoms with Gasteiger partial charge in [0.2, 0.25) is 0 Å². The molecule has 6 heteroatoms. The predicted molar refractivity (Wildman–Crippen MR) is 91.2 cm³/mol. The molecule has 1 rings (SSSR count). The summed E-state index contributed by atoms with van der Waals surface area (Å²) in [7, 11) is 0. The number of nitrogens with two attached hydrogens (primary N) is 1. The zero-order valence-electron chi connectivity index (χ0n) is 10.7. The van der Waals surface area contributed by atoms with Gasteiger partial charge in [0.25, 0.3) is 0 Å². The number of benzene rings is 1. The Hall–Kier alpha value is 1.25. The predicted octanol–water partition coefficient (Wildman–Crippen LogP) is 3.41. The van der Waals surface area contributed by atoms with Crippen LogP contribution in [0.2, 0.25) is 0 Å². The van der Waals surface area contributed by atoms with Gasteiger partial charge in [0.15, 0.2) is 0 Å². The van der Waals surface area contributed by atoms with Gasteiger partial charge < -0.3 is 0 Å². The van der Waals surface area contributed by atoms with E-state index in [0.29, 0.717) is 0 Å². The van der Waals surface area contributed by atoms with Crippen LogP contribution in [0.4, 0.5) is 0 Å². The van der Waals surface area contributed by atoms with Crippen LogP contribution < -0.4 is 9.31 Å². The first kappa shape index (κ1) is 17.3. The molecule has 102 valence electrons. The van der Waals surface area contributed by atoms with Gasteiger partial charge >= 0.3 is 132 Å². The quantitative estimate of drug-likeness (QED) is 0.457. The third kappa shape index (κ3) is 5.32. The fourth-order valence-corrected chi connectivity index (χ4v) is 13.7. The van der Waals surface area contributed by atoms with Crippen LogP contribution in [0, 0.1) is 0 Å². The molecular weight excluding hydrogens is 485 g/mol. The normalized spacial score (nSPS) is 13.6. The van der Waals surface area contributed by atoms with Crippen molar-refractivity contribution in [2.24, 2.45) is 5.73 Å². The maximum atomic E-state index is 6.08. The first-order valence-electron chi connectivity index (χ1n) is 5.93. The number of thioether (sulfide) groups is 1. The van der Waals surface area contributed by atoms with Crippen molar-refractivity contribution in [1.82, 2.24) is 0 Å². The van der Waals surface area contributed by atoms with Crippen molar-refractivity contribution < 1.29 is 3.07 Å². The van der Waals surface area contributed by atoms with E-state index >= 15 is 0 Å². The van der Waals surface area contributed by atoms with Crippen molar-refractivity contribution in [3.8, 4) is 0 Å². The molecule has 18 heavy (non-hydrogen) atoms. The molecule has 1 unspecified atom stereocenters. The second-order valence-corrected chi connectivity index (χ2v) is 32.8. The Morgan fingerprint density at radius 2 is 2.06 bits per heavy atom. The van der Waals surface area contributed by atoms with Crippen LogP contribution in [0.3, 0.4) is 0 Å². The van der Waals surface area contributed by atoms with Crippen molar-refractivity contribution in [1.29, 1.82) is 0 Å². The average molecular weight is 504 g/mol. The average Bonchev–Trinajstić information content (AvgIpc) is 2.35. The van der Waals surface area contributed by atoms with E-state index in [1.165, 1.54) is 9.14 Å². The van der Waals surface area contributed by atoms with Crippen LogP contribution in [0.15, 0.2) is 24.3 Å². The summed E-state index contributed by atoms with van der Waals surface area (Å²) in [5.41, 5.74) is 7.19. The molecule has 0 aliphatic heterocycles. The standard InChI is InChI=1S/C8H10N.C4H9OS.2BrH.Sn/c1-7(9)8-5-3-2-4-6-8;1-2-6-4-3-5;;;/h2-5,7H,9H2,1H3;2-4H2,1H3;2*1H;/q;-1;;;+3/p-2. The Balaban J connectivity index is 2.77. The van der Waals surface area contributed by atoms with Crippen molar-refractivity contribution in [3.05, 3.63) is 29.8 Å². The Morgan fingerprint density at radius 1 is 1.39 bits per heavy atom. The van der Waals surface area contributed by atoms with E-state index in [0.717, 1.165) is 18.1 Å². The third-order valence-corrected chi connectivity index (χ3v) is 16.9. The van der Waals surface area contributed by atoms with Crippen molar-refractivity contribution in [3.63, 3.8) is 0 Å². The molecule has 1 aromatic carbocycles. The molecule has 0 fully saturated rings. The molecule has 2 N–H and O–H groups in total. The van der Waals surface area contributed by atoms with Gasteiger partial charge in [0.1, 0.15) is 0 Å². The van der Waals surface area contributed by atoms with Crippen molar-refractivity contribution in [2.75, 3.05) is 18.1 Å². The molecular formula is C12H19Br2NOSSn. The van der Waals surface area contributed by atoms with Crippen LogP contribution in [0.1, 0.15) is 25.5 Å². The molecule has 0 aliphatic carbocycles. The summed E-state index contributed by atoms with van der Waals surface area (Å²) in [6.45, 7) is 4.95. The molecule has 0 radical (unpaired) electrons. The summed E-state index contributed by atoms with van der Waals surface area (Å²) < 4.78 is 7.31.